The van der Waals surface area contributed by atoms with Crippen LogP contribution in [0.3, 0.4) is 0 Å². The Balaban J connectivity index is 1.57. The third-order valence-electron chi connectivity index (χ3n) is 4.12. The van der Waals surface area contributed by atoms with Crippen molar-refractivity contribution in [2.45, 2.75) is 26.4 Å². The molecule has 0 fully saturated rings. The molecule has 6 heteroatoms. The molecule has 0 saturated carbocycles. The lowest BCUT2D eigenvalue weighted by molar-refractivity contribution is 0.174. The maximum absolute atomic E-state index is 5.45. The van der Waals surface area contributed by atoms with E-state index in [0.717, 1.165) is 34.1 Å². The SMILES string of the molecule is CC(C)Nc1nc(NCc2ccc3c(c2)OCO3)cc(-c2ccccc2)n1. The summed E-state index contributed by atoms with van der Waals surface area (Å²) in [6, 6.07) is 18.3. The fourth-order valence-electron chi connectivity index (χ4n) is 2.86. The highest BCUT2D eigenvalue weighted by molar-refractivity contribution is 5.64. The molecule has 1 aromatic heterocycles. The van der Waals surface area contributed by atoms with E-state index in [1.807, 2.05) is 54.6 Å². The molecule has 138 valence electrons. The minimum atomic E-state index is 0.248. The van der Waals surface area contributed by atoms with Crippen molar-refractivity contribution in [1.29, 1.82) is 0 Å². The van der Waals surface area contributed by atoms with E-state index < -0.39 is 0 Å². The van der Waals surface area contributed by atoms with Crippen molar-refractivity contribution in [3.63, 3.8) is 0 Å². The van der Waals surface area contributed by atoms with Gasteiger partial charge < -0.3 is 20.1 Å². The summed E-state index contributed by atoms with van der Waals surface area (Å²) in [6.07, 6.45) is 0. The molecular formula is C21H22N4O2. The summed E-state index contributed by atoms with van der Waals surface area (Å²) in [4.78, 5) is 9.24. The van der Waals surface area contributed by atoms with E-state index >= 15 is 0 Å². The van der Waals surface area contributed by atoms with Crippen molar-refractivity contribution in [2.24, 2.45) is 0 Å². The van der Waals surface area contributed by atoms with Crippen LogP contribution in [0.15, 0.2) is 54.6 Å². The highest BCUT2D eigenvalue weighted by atomic mass is 16.7. The van der Waals surface area contributed by atoms with Crippen molar-refractivity contribution in [2.75, 3.05) is 17.4 Å². The van der Waals surface area contributed by atoms with Gasteiger partial charge in [-0.05, 0) is 31.5 Å². The van der Waals surface area contributed by atoms with Gasteiger partial charge in [0, 0.05) is 24.2 Å². The van der Waals surface area contributed by atoms with Crippen molar-refractivity contribution in [1.82, 2.24) is 9.97 Å². The molecule has 2 heterocycles. The Morgan fingerprint density at radius 3 is 2.59 bits per heavy atom. The van der Waals surface area contributed by atoms with E-state index in [4.69, 9.17) is 9.47 Å². The number of aromatic nitrogens is 2. The predicted molar refractivity (Wildman–Crippen MR) is 106 cm³/mol. The Bertz CT molecular complexity index is 929. The van der Waals surface area contributed by atoms with Crippen LogP contribution in [0.4, 0.5) is 11.8 Å². The van der Waals surface area contributed by atoms with Gasteiger partial charge in [-0.1, -0.05) is 36.4 Å². The summed E-state index contributed by atoms with van der Waals surface area (Å²) in [7, 11) is 0. The average molecular weight is 362 g/mol. The Labute approximate surface area is 158 Å². The molecule has 2 aromatic carbocycles. The second-order valence-corrected chi connectivity index (χ2v) is 6.67. The third-order valence-corrected chi connectivity index (χ3v) is 4.12. The van der Waals surface area contributed by atoms with Crippen LogP contribution in [-0.2, 0) is 6.54 Å². The van der Waals surface area contributed by atoms with Crippen LogP contribution in [0.25, 0.3) is 11.3 Å². The Morgan fingerprint density at radius 2 is 1.78 bits per heavy atom. The lowest BCUT2D eigenvalue weighted by atomic mass is 10.1. The van der Waals surface area contributed by atoms with Crippen molar-refractivity contribution < 1.29 is 9.47 Å². The zero-order valence-corrected chi connectivity index (χ0v) is 15.4. The quantitative estimate of drug-likeness (QED) is 0.681. The lowest BCUT2D eigenvalue weighted by Crippen LogP contribution is -2.14. The summed E-state index contributed by atoms with van der Waals surface area (Å²) >= 11 is 0. The number of hydrogen-bond acceptors (Lipinski definition) is 6. The van der Waals surface area contributed by atoms with Gasteiger partial charge in [-0.2, -0.15) is 4.98 Å². The van der Waals surface area contributed by atoms with E-state index in [1.165, 1.54) is 0 Å². The maximum atomic E-state index is 5.45. The van der Waals surface area contributed by atoms with E-state index in [9.17, 15) is 0 Å². The number of anilines is 2. The van der Waals surface area contributed by atoms with Crippen LogP contribution in [0, 0.1) is 0 Å². The van der Waals surface area contributed by atoms with E-state index in [2.05, 4.69) is 34.4 Å². The molecule has 6 nitrogen and oxygen atoms in total. The van der Waals surface area contributed by atoms with Crippen LogP contribution >= 0.6 is 0 Å². The first-order valence-electron chi connectivity index (χ1n) is 9.01. The van der Waals surface area contributed by atoms with Gasteiger partial charge in [-0.15, -0.1) is 0 Å². The van der Waals surface area contributed by atoms with Crippen LogP contribution in [0.1, 0.15) is 19.4 Å². The van der Waals surface area contributed by atoms with Gasteiger partial charge in [0.15, 0.2) is 11.5 Å². The Kier molecular flexibility index (Phi) is 4.78. The first-order chi connectivity index (χ1) is 13.2. The van der Waals surface area contributed by atoms with Crippen LogP contribution in [-0.4, -0.2) is 22.8 Å². The van der Waals surface area contributed by atoms with Gasteiger partial charge in [0.2, 0.25) is 12.7 Å². The smallest absolute Gasteiger partial charge is 0.231 e. The molecule has 0 atom stereocenters. The second kappa shape index (κ2) is 7.53. The fraction of sp³-hybridized carbons (Fsp3) is 0.238. The third kappa shape index (κ3) is 4.11. The maximum Gasteiger partial charge on any atom is 0.231 e. The van der Waals surface area contributed by atoms with Crippen LogP contribution < -0.4 is 20.1 Å². The molecule has 0 unspecified atom stereocenters. The molecule has 0 radical (unpaired) electrons. The summed E-state index contributed by atoms with van der Waals surface area (Å²) < 4.78 is 10.8. The predicted octanol–water partition coefficient (Wildman–Crippen LogP) is 4.30. The summed E-state index contributed by atoms with van der Waals surface area (Å²) in [5, 5.41) is 6.68. The fourth-order valence-corrected chi connectivity index (χ4v) is 2.86. The van der Waals surface area contributed by atoms with Crippen LogP contribution in [0.5, 0.6) is 11.5 Å². The first kappa shape index (κ1) is 17.1. The van der Waals surface area contributed by atoms with Gasteiger partial charge in [0.1, 0.15) is 5.82 Å². The standard InChI is InChI=1S/C21H22N4O2/c1-14(2)23-21-24-17(16-6-4-3-5-7-16)11-20(25-21)22-12-15-8-9-18-19(10-15)27-13-26-18/h3-11,14H,12-13H2,1-2H3,(H2,22,23,24,25). The minimum Gasteiger partial charge on any atom is -0.454 e. The number of fused-ring (bicyclic) bond motifs is 1. The Hall–Kier alpha value is -3.28. The zero-order chi connectivity index (χ0) is 18.6. The number of hydrogen-bond donors (Lipinski definition) is 2. The van der Waals surface area contributed by atoms with E-state index in [-0.39, 0.29) is 12.8 Å². The van der Waals surface area contributed by atoms with Gasteiger partial charge in [-0.25, -0.2) is 4.98 Å². The number of nitrogens with zero attached hydrogens (tertiary/aromatic N) is 2. The molecule has 0 saturated heterocycles. The molecule has 27 heavy (non-hydrogen) atoms. The topological polar surface area (TPSA) is 68.3 Å². The van der Waals surface area contributed by atoms with Gasteiger partial charge >= 0.3 is 0 Å². The Morgan fingerprint density at radius 1 is 0.963 bits per heavy atom. The highest BCUT2D eigenvalue weighted by Crippen LogP contribution is 2.32. The van der Waals surface area contributed by atoms with Crippen LogP contribution in [0.2, 0.25) is 0 Å². The number of rotatable bonds is 6. The first-order valence-corrected chi connectivity index (χ1v) is 9.01. The summed E-state index contributed by atoms with van der Waals surface area (Å²) in [5.74, 6) is 2.95. The summed E-state index contributed by atoms with van der Waals surface area (Å²) in [5.41, 5.74) is 3.03. The molecule has 0 amide bonds. The average Bonchev–Trinajstić information content (AvgIpc) is 3.14. The molecule has 2 N–H and O–H groups in total. The van der Waals surface area contributed by atoms with Gasteiger partial charge in [0.25, 0.3) is 0 Å². The zero-order valence-electron chi connectivity index (χ0n) is 15.4. The lowest BCUT2D eigenvalue weighted by Gasteiger charge is -2.13. The number of nitrogens with one attached hydrogen (secondary N) is 2. The molecule has 1 aliphatic heterocycles. The molecular weight excluding hydrogens is 340 g/mol. The van der Waals surface area contributed by atoms with Gasteiger partial charge in [-0.3, -0.25) is 0 Å². The monoisotopic (exact) mass is 362 g/mol. The minimum absolute atomic E-state index is 0.248. The van der Waals surface area contributed by atoms with Gasteiger partial charge in [0.05, 0.1) is 5.69 Å². The molecule has 4 rings (SSSR count). The van der Waals surface area contributed by atoms with Crippen molar-refractivity contribution in [3.05, 3.63) is 60.2 Å². The van der Waals surface area contributed by atoms with Crippen molar-refractivity contribution >= 4 is 11.8 Å². The normalized spacial score (nSPS) is 12.3. The van der Waals surface area contributed by atoms with E-state index in [0.29, 0.717) is 12.5 Å². The van der Waals surface area contributed by atoms with E-state index in [1.54, 1.807) is 0 Å². The molecule has 1 aliphatic rings. The molecule has 0 aliphatic carbocycles. The number of benzene rings is 2. The largest absolute Gasteiger partial charge is 0.454 e. The highest BCUT2D eigenvalue weighted by Gasteiger charge is 2.13. The molecule has 0 spiro atoms. The number of ether oxygens (including phenoxy) is 2. The molecule has 0 bridgehead atoms. The summed E-state index contributed by atoms with van der Waals surface area (Å²) in [6.45, 7) is 5.04. The molecule has 3 aromatic rings. The second-order valence-electron chi connectivity index (χ2n) is 6.67. The van der Waals surface area contributed by atoms with Crippen molar-refractivity contribution in [3.8, 4) is 22.8 Å².